The van der Waals surface area contributed by atoms with Crippen molar-refractivity contribution in [3.05, 3.63) is 59.9 Å². The number of carbonyl (C=O) groups excluding carboxylic acids is 2. The zero-order valence-electron chi connectivity index (χ0n) is 16.7. The Hall–Kier alpha value is -3.29. The molecule has 0 fully saturated rings. The highest BCUT2D eigenvalue weighted by atomic mass is 19.3. The third-order valence-electron chi connectivity index (χ3n) is 4.54. The Morgan fingerprint density at radius 1 is 1.10 bits per heavy atom. The highest BCUT2D eigenvalue weighted by Crippen LogP contribution is 2.28. The molecule has 0 saturated carbocycles. The molecule has 1 unspecified atom stereocenters. The quantitative estimate of drug-likeness (QED) is 0.276. The molecular formula is C22H22F2N2O4. The number of ether oxygens (including phenoxy) is 2. The van der Waals surface area contributed by atoms with E-state index in [2.05, 4.69) is 4.98 Å². The van der Waals surface area contributed by atoms with Gasteiger partial charge in [-0.1, -0.05) is 12.1 Å². The van der Waals surface area contributed by atoms with Gasteiger partial charge in [0.15, 0.2) is 17.7 Å². The van der Waals surface area contributed by atoms with Gasteiger partial charge in [0, 0.05) is 12.0 Å². The first-order valence-corrected chi connectivity index (χ1v) is 9.55. The highest BCUT2D eigenvalue weighted by molar-refractivity contribution is 5.94. The number of hydrogen-bond acceptors (Lipinski definition) is 5. The van der Waals surface area contributed by atoms with Crippen LogP contribution in [-0.2, 0) is 9.53 Å². The lowest BCUT2D eigenvalue weighted by Crippen LogP contribution is -2.15. The minimum Gasteiger partial charge on any atom is -0.494 e. The number of hydrogen-bond donors (Lipinski definition) is 0. The Balaban J connectivity index is 1.52. The van der Waals surface area contributed by atoms with Gasteiger partial charge in [-0.3, -0.25) is 14.2 Å². The van der Waals surface area contributed by atoms with Gasteiger partial charge in [0.2, 0.25) is 0 Å². The van der Waals surface area contributed by atoms with Crippen LogP contribution < -0.4 is 4.74 Å². The van der Waals surface area contributed by atoms with Crippen LogP contribution in [0.15, 0.2) is 48.5 Å². The van der Waals surface area contributed by atoms with Gasteiger partial charge in [-0.15, -0.1) is 0 Å². The first-order chi connectivity index (χ1) is 14.4. The largest absolute Gasteiger partial charge is 0.494 e. The number of imidazole rings is 1. The van der Waals surface area contributed by atoms with E-state index in [4.69, 9.17) is 9.47 Å². The number of ketones is 1. The molecule has 1 aromatic heterocycles. The maximum Gasteiger partial charge on any atom is 0.320 e. The van der Waals surface area contributed by atoms with Crippen LogP contribution in [-0.4, -0.2) is 27.9 Å². The summed E-state index contributed by atoms with van der Waals surface area (Å²) in [6.07, 6.45) is -0.449. The third kappa shape index (κ3) is 5.00. The van der Waals surface area contributed by atoms with Crippen molar-refractivity contribution >= 4 is 22.8 Å². The fourth-order valence-corrected chi connectivity index (χ4v) is 3.06. The second kappa shape index (κ2) is 9.47. The molecule has 6 nitrogen and oxygen atoms in total. The maximum atomic E-state index is 13.5. The van der Waals surface area contributed by atoms with Crippen LogP contribution in [0.3, 0.4) is 0 Å². The van der Waals surface area contributed by atoms with Crippen molar-refractivity contribution in [2.24, 2.45) is 0 Å². The number of Topliss-reactive ketones (excluding diaryl/α,β-unsaturated/α-hetero) is 1. The second-order valence-electron chi connectivity index (χ2n) is 6.77. The van der Waals surface area contributed by atoms with E-state index in [0.717, 1.165) is 4.57 Å². The Morgan fingerprint density at radius 3 is 2.47 bits per heavy atom. The summed E-state index contributed by atoms with van der Waals surface area (Å²) in [5, 5.41) is 0. The molecule has 2 aromatic carbocycles. The summed E-state index contributed by atoms with van der Waals surface area (Å²) in [5.41, 5.74) is 1.30. The van der Waals surface area contributed by atoms with E-state index < -0.39 is 18.6 Å². The smallest absolute Gasteiger partial charge is 0.320 e. The highest BCUT2D eigenvalue weighted by Gasteiger charge is 2.24. The van der Waals surface area contributed by atoms with Crippen molar-refractivity contribution in [1.29, 1.82) is 0 Å². The molecule has 30 heavy (non-hydrogen) atoms. The number of rotatable bonds is 9. The summed E-state index contributed by atoms with van der Waals surface area (Å²) < 4.78 is 38.6. The van der Waals surface area contributed by atoms with E-state index in [1.807, 2.05) is 0 Å². The SMILES string of the molecule is CC(=O)c1ccc(OCCCC(=O)OC(C)c2nc3ccccc3n2C(F)F)cc1. The predicted molar refractivity (Wildman–Crippen MR) is 107 cm³/mol. The van der Waals surface area contributed by atoms with Gasteiger partial charge >= 0.3 is 12.5 Å². The summed E-state index contributed by atoms with van der Waals surface area (Å²) >= 11 is 0. The van der Waals surface area contributed by atoms with Crippen LogP contribution in [0.1, 0.15) is 55.5 Å². The molecule has 0 bridgehead atoms. The molecule has 0 radical (unpaired) electrons. The number of esters is 1. The van der Waals surface area contributed by atoms with E-state index in [1.165, 1.54) is 13.8 Å². The number of benzene rings is 2. The lowest BCUT2D eigenvalue weighted by molar-refractivity contribution is -0.149. The topological polar surface area (TPSA) is 70.4 Å². The van der Waals surface area contributed by atoms with Crippen LogP contribution >= 0.6 is 0 Å². The average Bonchev–Trinajstić information content (AvgIpc) is 3.11. The van der Waals surface area contributed by atoms with Crippen molar-refractivity contribution in [3.63, 3.8) is 0 Å². The summed E-state index contributed by atoms with van der Waals surface area (Å²) in [6.45, 7) is 0.485. The Labute approximate surface area is 172 Å². The molecule has 1 heterocycles. The van der Waals surface area contributed by atoms with Crippen LogP contribution in [0.4, 0.5) is 8.78 Å². The molecule has 3 aromatic rings. The van der Waals surface area contributed by atoms with E-state index in [-0.39, 0.29) is 30.2 Å². The van der Waals surface area contributed by atoms with Crippen LogP contribution in [0.25, 0.3) is 11.0 Å². The van der Waals surface area contributed by atoms with E-state index >= 15 is 0 Å². The van der Waals surface area contributed by atoms with Crippen molar-refractivity contribution < 1.29 is 27.8 Å². The normalized spacial score (nSPS) is 12.2. The molecule has 8 heteroatoms. The number of halogens is 2. The number of carbonyl (C=O) groups is 2. The number of aromatic nitrogens is 2. The standard InChI is InChI=1S/C22H22F2N2O4/c1-14(27)16-9-11-17(12-10-16)29-13-5-8-20(28)30-15(2)21-25-18-6-3-4-7-19(18)26(21)22(23)24/h3-4,6-7,9-12,15,22H,5,8,13H2,1-2H3. The Kier molecular flexibility index (Phi) is 6.76. The first kappa shape index (κ1) is 21.4. The number of para-hydroxylation sites is 2. The van der Waals surface area contributed by atoms with Gasteiger partial charge in [-0.25, -0.2) is 4.98 Å². The van der Waals surface area contributed by atoms with Crippen molar-refractivity contribution in [2.45, 2.75) is 39.3 Å². The monoisotopic (exact) mass is 416 g/mol. The average molecular weight is 416 g/mol. The lowest BCUT2D eigenvalue weighted by atomic mass is 10.1. The fourth-order valence-electron chi connectivity index (χ4n) is 3.06. The summed E-state index contributed by atoms with van der Waals surface area (Å²) in [4.78, 5) is 27.6. The van der Waals surface area contributed by atoms with E-state index in [9.17, 15) is 18.4 Å². The number of nitrogens with zero attached hydrogens (tertiary/aromatic N) is 2. The predicted octanol–water partition coefficient (Wildman–Crippen LogP) is 5.10. The molecule has 3 rings (SSSR count). The van der Waals surface area contributed by atoms with Gasteiger partial charge in [0.1, 0.15) is 5.75 Å². The molecule has 0 aliphatic rings. The summed E-state index contributed by atoms with van der Waals surface area (Å²) in [7, 11) is 0. The molecule has 0 spiro atoms. The second-order valence-corrected chi connectivity index (χ2v) is 6.77. The molecule has 0 aliphatic heterocycles. The minimum atomic E-state index is -2.80. The molecule has 0 aliphatic carbocycles. The van der Waals surface area contributed by atoms with Gasteiger partial charge in [0.05, 0.1) is 17.6 Å². The van der Waals surface area contributed by atoms with Gasteiger partial charge in [0.25, 0.3) is 0 Å². The van der Waals surface area contributed by atoms with Gasteiger partial charge < -0.3 is 9.47 Å². The fraction of sp³-hybridized carbons (Fsp3) is 0.318. The molecule has 0 N–H and O–H groups in total. The summed E-state index contributed by atoms with van der Waals surface area (Å²) in [5.74, 6) is 0.0402. The lowest BCUT2D eigenvalue weighted by Gasteiger charge is -2.15. The zero-order chi connectivity index (χ0) is 21.7. The summed E-state index contributed by atoms with van der Waals surface area (Å²) in [6, 6.07) is 13.2. The van der Waals surface area contributed by atoms with Crippen LogP contribution in [0.5, 0.6) is 5.75 Å². The molecular weight excluding hydrogens is 394 g/mol. The van der Waals surface area contributed by atoms with Crippen molar-refractivity contribution in [2.75, 3.05) is 6.61 Å². The van der Waals surface area contributed by atoms with Gasteiger partial charge in [-0.2, -0.15) is 8.78 Å². The van der Waals surface area contributed by atoms with Crippen molar-refractivity contribution in [3.8, 4) is 5.75 Å². The number of alkyl halides is 2. The first-order valence-electron chi connectivity index (χ1n) is 9.55. The molecule has 0 amide bonds. The van der Waals surface area contributed by atoms with Crippen LogP contribution in [0, 0.1) is 0 Å². The van der Waals surface area contributed by atoms with E-state index in [1.54, 1.807) is 48.5 Å². The Morgan fingerprint density at radius 2 is 1.80 bits per heavy atom. The zero-order valence-corrected chi connectivity index (χ0v) is 16.7. The number of fused-ring (bicyclic) bond motifs is 1. The van der Waals surface area contributed by atoms with E-state index in [0.29, 0.717) is 23.3 Å². The third-order valence-corrected chi connectivity index (χ3v) is 4.54. The molecule has 1 atom stereocenters. The van der Waals surface area contributed by atoms with Crippen molar-refractivity contribution in [1.82, 2.24) is 9.55 Å². The minimum absolute atomic E-state index is 0.00126. The molecule has 0 saturated heterocycles. The Bertz CT molecular complexity index is 1030. The maximum absolute atomic E-state index is 13.5. The van der Waals surface area contributed by atoms with Crippen LogP contribution in [0.2, 0.25) is 0 Å². The van der Waals surface area contributed by atoms with Gasteiger partial charge in [-0.05, 0) is 56.7 Å². The molecule has 158 valence electrons.